The minimum atomic E-state index is -2.40. The van der Waals surface area contributed by atoms with E-state index in [1.807, 2.05) is 17.0 Å². The third kappa shape index (κ3) is 6.18. The van der Waals surface area contributed by atoms with Crippen LogP contribution in [0.15, 0.2) is 30.3 Å². The number of allylic oxidation sites excluding steroid dienone is 2. The smallest absolute Gasteiger partial charge is 0.335 e. The maximum Gasteiger partial charge on any atom is 0.335 e. The molecule has 10 heteroatoms. The molecule has 1 aromatic carbocycles. The zero-order valence-corrected chi connectivity index (χ0v) is 34.5. The van der Waals surface area contributed by atoms with Gasteiger partial charge in [0.2, 0.25) is 0 Å². The first kappa shape index (κ1) is 38.7. The molecular weight excluding hydrogens is 697 g/mol. The van der Waals surface area contributed by atoms with E-state index in [-0.39, 0.29) is 39.3 Å². The summed E-state index contributed by atoms with van der Waals surface area (Å²) >= 11 is 0. The van der Waals surface area contributed by atoms with Gasteiger partial charge in [-0.15, -0.1) is 0 Å². The van der Waals surface area contributed by atoms with Crippen molar-refractivity contribution < 1.29 is 23.8 Å². The lowest BCUT2D eigenvalue weighted by atomic mass is 9.33. The number of nitrogens with zero attached hydrogens (tertiary/aromatic N) is 2. The van der Waals surface area contributed by atoms with Gasteiger partial charge in [0.05, 0.1) is 17.1 Å². The lowest BCUT2D eigenvalue weighted by molar-refractivity contribution is -0.218. The Kier molecular flexibility index (Phi) is 9.89. The number of carboxylic acids is 1. The third-order valence-electron chi connectivity index (χ3n) is 17.5. The van der Waals surface area contributed by atoms with Crippen molar-refractivity contribution in [2.75, 3.05) is 50.8 Å². The maximum atomic E-state index is 13.7. The molecule has 54 heavy (non-hydrogen) atoms. The van der Waals surface area contributed by atoms with Gasteiger partial charge >= 0.3 is 12.0 Å². The van der Waals surface area contributed by atoms with Crippen LogP contribution in [0, 0.1) is 45.3 Å². The molecule has 0 bridgehead atoms. The SMILES string of the molecule is CC1(C)C(c2ccc(C(=O)O)cc2)=CC[C@]2(C)[C@H]3CC[C@@H]4[C@H]5[C@H](NC(=O)N6CCCC6)CC[C@]5(NCCN5CCS(O)(O)CC5)CC[C@@]4(C)[C@]3(C)CC[C@@H]12. The number of likely N-dealkylation sites (tertiary alicyclic amines) is 1. The van der Waals surface area contributed by atoms with Crippen LogP contribution in [0.25, 0.3) is 5.57 Å². The van der Waals surface area contributed by atoms with Crippen molar-refractivity contribution in [3.63, 3.8) is 0 Å². The minimum absolute atomic E-state index is 0.0108. The number of aromatic carboxylic acids is 1. The van der Waals surface area contributed by atoms with Gasteiger partial charge in [-0.2, -0.15) is 10.6 Å². The summed E-state index contributed by atoms with van der Waals surface area (Å²) in [6.07, 6.45) is 15.1. The standard InChI is InChI=1S/C44H68N4O5S/c1-40(2)32(30-8-10-31(11-9-30)38(49)50)14-17-41(3)35(40)16-18-43(5)36(41)13-12-33-37-34(46-39(51)48-23-6-7-24-48)15-19-44(37,21-20-42(33,43)4)45-22-25-47-26-28-54(52,53)29-27-47/h8-11,14,33-37,45,52-53H,6-7,12-13,15-29H2,1-5H3,(H,46,51)(H,49,50)/t33-,34-,35+,36-,37+,41+,42-,43-,44+/m1/s1. The van der Waals surface area contributed by atoms with Crippen molar-refractivity contribution in [1.29, 1.82) is 0 Å². The molecule has 8 rings (SSSR count). The second-order valence-electron chi connectivity index (χ2n) is 20.0. The van der Waals surface area contributed by atoms with Crippen LogP contribution in [0.3, 0.4) is 0 Å². The molecule has 0 spiro atoms. The molecule has 1 aromatic rings. The fourth-order valence-electron chi connectivity index (χ4n) is 14.6. The molecule has 2 aliphatic heterocycles. The second-order valence-corrected chi connectivity index (χ2v) is 22.5. The van der Waals surface area contributed by atoms with Gasteiger partial charge in [-0.1, -0.05) is 52.8 Å². The summed E-state index contributed by atoms with van der Waals surface area (Å²) in [5.41, 5.74) is 3.40. The number of rotatable bonds is 7. The van der Waals surface area contributed by atoms with Crippen LogP contribution in [0.1, 0.15) is 121 Å². The lowest BCUT2D eigenvalue weighted by Gasteiger charge is -2.72. The van der Waals surface area contributed by atoms with E-state index < -0.39 is 16.6 Å². The van der Waals surface area contributed by atoms with Crippen LogP contribution >= 0.6 is 10.6 Å². The van der Waals surface area contributed by atoms with Crippen LogP contribution in [0.4, 0.5) is 4.79 Å². The summed E-state index contributed by atoms with van der Waals surface area (Å²) < 4.78 is 20.4. The molecule has 5 aliphatic carbocycles. The number of carboxylic acid groups (broad SMARTS) is 1. The monoisotopic (exact) mass is 764 g/mol. The molecule has 6 fully saturated rings. The summed E-state index contributed by atoms with van der Waals surface area (Å²) in [6.45, 7) is 17.9. The quantitative estimate of drug-likeness (QED) is 0.189. The highest BCUT2D eigenvalue weighted by atomic mass is 32.3. The summed E-state index contributed by atoms with van der Waals surface area (Å²) in [7, 11) is -2.40. The molecule has 9 nitrogen and oxygen atoms in total. The lowest BCUT2D eigenvalue weighted by Crippen LogP contribution is -2.69. The molecule has 7 aliphatic rings. The summed E-state index contributed by atoms with van der Waals surface area (Å²) in [5, 5.41) is 17.4. The fraction of sp³-hybridized carbons (Fsp3) is 0.773. The Morgan fingerprint density at radius 3 is 2.22 bits per heavy atom. The number of nitrogens with one attached hydrogen (secondary N) is 2. The van der Waals surface area contributed by atoms with Crippen molar-refractivity contribution in [2.24, 2.45) is 45.3 Å². The van der Waals surface area contributed by atoms with Crippen molar-refractivity contribution >= 4 is 28.2 Å². The summed E-state index contributed by atoms with van der Waals surface area (Å²) in [6, 6.07) is 7.87. The topological polar surface area (TPSA) is 125 Å². The number of carbonyl (C=O) groups is 2. The Labute approximate surface area is 325 Å². The maximum absolute atomic E-state index is 13.7. The van der Waals surface area contributed by atoms with E-state index in [1.54, 1.807) is 12.1 Å². The number of carbonyl (C=O) groups excluding carboxylic acids is 1. The van der Waals surface area contributed by atoms with E-state index in [4.69, 9.17) is 0 Å². The normalized spacial score (nSPS) is 41.8. The van der Waals surface area contributed by atoms with E-state index in [0.717, 1.165) is 83.4 Å². The number of urea groups is 1. The Balaban J connectivity index is 1.06. The van der Waals surface area contributed by atoms with E-state index >= 15 is 0 Å². The molecule has 2 amide bonds. The molecule has 4 saturated carbocycles. The van der Waals surface area contributed by atoms with E-state index in [9.17, 15) is 23.8 Å². The predicted molar refractivity (Wildman–Crippen MR) is 218 cm³/mol. The Hall–Kier alpha value is -2.11. The van der Waals surface area contributed by atoms with Gasteiger partial charge < -0.3 is 20.6 Å². The number of amides is 2. The first-order chi connectivity index (χ1) is 25.5. The highest BCUT2D eigenvalue weighted by Crippen LogP contribution is 2.76. The van der Waals surface area contributed by atoms with Gasteiger partial charge in [0.15, 0.2) is 0 Å². The largest absolute Gasteiger partial charge is 0.478 e. The van der Waals surface area contributed by atoms with Crippen LogP contribution in [0.5, 0.6) is 0 Å². The molecular formula is C44H68N4O5S. The zero-order chi connectivity index (χ0) is 38.3. The van der Waals surface area contributed by atoms with Gasteiger partial charge in [-0.25, -0.2) is 9.59 Å². The first-order valence-electron chi connectivity index (χ1n) is 21.3. The fourth-order valence-corrected chi connectivity index (χ4v) is 15.9. The summed E-state index contributed by atoms with van der Waals surface area (Å²) in [4.78, 5) is 29.8. The second kappa shape index (κ2) is 13.8. The molecule has 0 radical (unpaired) electrons. The van der Waals surface area contributed by atoms with Crippen molar-refractivity contribution in [3.8, 4) is 0 Å². The van der Waals surface area contributed by atoms with Gasteiger partial charge in [0.1, 0.15) is 0 Å². The van der Waals surface area contributed by atoms with E-state index in [2.05, 4.69) is 56.2 Å². The highest BCUT2D eigenvalue weighted by molar-refractivity contribution is 8.24. The molecule has 0 aromatic heterocycles. The first-order valence-corrected chi connectivity index (χ1v) is 23.2. The zero-order valence-electron chi connectivity index (χ0n) is 33.7. The van der Waals surface area contributed by atoms with Gasteiger partial charge in [-0.3, -0.25) is 14.0 Å². The van der Waals surface area contributed by atoms with Crippen molar-refractivity contribution in [2.45, 2.75) is 117 Å². The van der Waals surface area contributed by atoms with Crippen LogP contribution in [0.2, 0.25) is 0 Å². The highest BCUT2D eigenvalue weighted by Gasteiger charge is 2.70. The predicted octanol–water partition coefficient (Wildman–Crippen LogP) is 8.43. The molecule has 300 valence electrons. The van der Waals surface area contributed by atoms with Gasteiger partial charge in [-0.05, 0) is 133 Å². The van der Waals surface area contributed by atoms with E-state index in [1.165, 1.54) is 37.7 Å². The molecule has 9 atom stereocenters. The molecule has 0 unspecified atom stereocenters. The van der Waals surface area contributed by atoms with Crippen molar-refractivity contribution in [1.82, 2.24) is 20.4 Å². The number of benzene rings is 1. The number of hydrogen-bond donors (Lipinski definition) is 5. The third-order valence-corrected chi connectivity index (χ3v) is 19.2. The Bertz CT molecular complexity index is 1630. The average Bonchev–Trinajstić information content (AvgIpc) is 3.79. The molecule has 5 N–H and O–H groups in total. The number of hydrogen-bond acceptors (Lipinski definition) is 6. The summed E-state index contributed by atoms with van der Waals surface area (Å²) in [5.74, 6) is 2.18. The van der Waals surface area contributed by atoms with Gasteiger partial charge in [0.25, 0.3) is 0 Å². The Morgan fingerprint density at radius 1 is 0.833 bits per heavy atom. The minimum Gasteiger partial charge on any atom is -0.478 e. The average molecular weight is 765 g/mol. The molecule has 2 heterocycles. The van der Waals surface area contributed by atoms with Crippen LogP contribution < -0.4 is 10.6 Å². The number of fused-ring (bicyclic) bond motifs is 7. The Morgan fingerprint density at radius 2 is 1.54 bits per heavy atom. The van der Waals surface area contributed by atoms with E-state index in [0.29, 0.717) is 40.7 Å². The van der Waals surface area contributed by atoms with Crippen molar-refractivity contribution in [3.05, 3.63) is 41.5 Å². The van der Waals surface area contributed by atoms with Crippen LogP contribution in [-0.2, 0) is 0 Å². The van der Waals surface area contributed by atoms with Gasteiger partial charge in [0, 0.05) is 56.8 Å². The molecule has 2 saturated heterocycles. The van der Waals surface area contributed by atoms with Crippen LogP contribution in [-0.4, -0.2) is 98.4 Å².